The molecule has 0 heterocycles. The zero-order valence-corrected chi connectivity index (χ0v) is 7.26. The minimum atomic E-state index is -0.910. The van der Waals surface area contributed by atoms with Crippen molar-refractivity contribution < 1.29 is 4.39 Å². The summed E-state index contributed by atoms with van der Waals surface area (Å²) in [6.45, 7) is 2.10. The van der Waals surface area contributed by atoms with Gasteiger partial charge in [0.15, 0.2) is 0 Å². The number of hydrogen-bond acceptors (Lipinski definition) is 1. The van der Waals surface area contributed by atoms with Crippen LogP contribution in [0.15, 0.2) is 24.3 Å². The molecule has 12 heavy (non-hydrogen) atoms. The van der Waals surface area contributed by atoms with Crippen LogP contribution in [0.5, 0.6) is 0 Å². The van der Waals surface area contributed by atoms with Crippen molar-refractivity contribution in [2.75, 3.05) is 6.54 Å². The fraction of sp³-hybridized carbons (Fsp3) is 0.400. The smallest absolute Gasteiger partial charge is 0.116 e. The predicted molar refractivity (Wildman–Crippen MR) is 48.8 cm³/mol. The third kappa shape index (κ3) is 2.62. The lowest BCUT2D eigenvalue weighted by Gasteiger charge is -2.05. The van der Waals surface area contributed by atoms with E-state index in [4.69, 9.17) is 5.73 Å². The van der Waals surface area contributed by atoms with E-state index in [9.17, 15) is 4.39 Å². The highest BCUT2D eigenvalue weighted by Crippen LogP contribution is 2.07. The summed E-state index contributed by atoms with van der Waals surface area (Å²) in [5.41, 5.74) is 7.37. The van der Waals surface area contributed by atoms with E-state index < -0.39 is 6.17 Å². The number of halogens is 1. The Morgan fingerprint density at radius 3 is 2.83 bits per heavy atom. The van der Waals surface area contributed by atoms with Crippen molar-refractivity contribution in [1.82, 2.24) is 0 Å². The van der Waals surface area contributed by atoms with Crippen LogP contribution >= 0.6 is 0 Å². The summed E-state index contributed by atoms with van der Waals surface area (Å²) in [4.78, 5) is 0. The molecule has 0 amide bonds. The van der Waals surface area contributed by atoms with E-state index in [-0.39, 0.29) is 6.54 Å². The van der Waals surface area contributed by atoms with Crippen molar-refractivity contribution in [2.45, 2.75) is 19.5 Å². The molecule has 0 saturated heterocycles. The fourth-order valence-electron chi connectivity index (χ4n) is 1.18. The molecule has 0 radical (unpaired) electrons. The van der Waals surface area contributed by atoms with Crippen LogP contribution in [-0.4, -0.2) is 12.7 Å². The van der Waals surface area contributed by atoms with Crippen LogP contribution < -0.4 is 5.73 Å². The lowest BCUT2D eigenvalue weighted by molar-refractivity contribution is 0.340. The Hall–Kier alpha value is -0.890. The Kier molecular flexibility index (Phi) is 3.23. The number of hydrogen-bond donors (Lipinski definition) is 1. The van der Waals surface area contributed by atoms with Gasteiger partial charge in [-0.25, -0.2) is 4.39 Å². The van der Waals surface area contributed by atoms with E-state index in [0.29, 0.717) is 6.42 Å². The maximum Gasteiger partial charge on any atom is 0.116 e. The number of alkyl halides is 1. The first kappa shape index (κ1) is 9.20. The second kappa shape index (κ2) is 4.21. The summed E-state index contributed by atoms with van der Waals surface area (Å²) in [7, 11) is 0. The molecular formula is C10H14FN. The average molecular weight is 167 g/mol. The van der Waals surface area contributed by atoms with Crippen LogP contribution in [0, 0.1) is 6.92 Å². The zero-order valence-electron chi connectivity index (χ0n) is 7.26. The van der Waals surface area contributed by atoms with Gasteiger partial charge in [0.2, 0.25) is 0 Å². The van der Waals surface area contributed by atoms with E-state index in [2.05, 4.69) is 0 Å². The van der Waals surface area contributed by atoms with Crippen molar-refractivity contribution in [2.24, 2.45) is 5.73 Å². The largest absolute Gasteiger partial charge is 0.328 e. The van der Waals surface area contributed by atoms with Crippen LogP contribution in [-0.2, 0) is 6.42 Å². The first-order chi connectivity index (χ1) is 5.72. The Balaban J connectivity index is 2.63. The van der Waals surface area contributed by atoms with Crippen molar-refractivity contribution in [3.8, 4) is 0 Å². The molecule has 1 atom stereocenters. The molecule has 0 fully saturated rings. The number of nitrogens with two attached hydrogens (primary N) is 1. The van der Waals surface area contributed by atoms with Gasteiger partial charge in [0, 0.05) is 13.0 Å². The van der Waals surface area contributed by atoms with Crippen LogP contribution in [0.25, 0.3) is 0 Å². The highest BCUT2D eigenvalue weighted by molar-refractivity contribution is 5.22. The molecule has 0 spiro atoms. The summed E-state index contributed by atoms with van der Waals surface area (Å²) < 4.78 is 12.8. The van der Waals surface area contributed by atoms with Crippen LogP contribution in [0.4, 0.5) is 4.39 Å². The fourth-order valence-corrected chi connectivity index (χ4v) is 1.18. The van der Waals surface area contributed by atoms with Crippen molar-refractivity contribution >= 4 is 0 Å². The van der Waals surface area contributed by atoms with Gasteiger partial charge in [0.25, 0.3) is 0 Å². The van der Waals surface area contributed by atoms with E-state index in [1.165, 1.54) is 0 Å². The Labute approximate surface area is 72.4 Å². The Morgan fingerprint density at radius 2 is 2.25 bits per heavy atom. The molecule has 0 aromatic heterocycles. The zero-order chi connectivity index (χ0) is 8.97. The molecule has 2 N–H and O–H groups in total. The summed E-state index contributed by atoms with van der Waals surface area (Å²) in [6, 6.07) is 7.85. The lowest BCUT2D eigenvalue weighted by atomic mass is 10.1. The highest BCUT2D eigenvalue weighted by atomic mass is 19.1. The van der Waals surface area contributed by atoms with Crippen molar-refractivity contribution in [1.29, 1.82) is 0 Å². The molecular weight excluding hydrogens is 153 g/mol. The van der Waals surface area contributed by atoms with Crippen LogP contribution in [0.3, 0.4) is 0 Å². The topological polar surface area (TPSA) is 26.0 Å². The second-order valence-corrected chi connectivity index (χ2v) is 3.03. The third-order valence-electron chi connectivity index (χ3n) is 1.80. The molecule has 0 bridgehead atoms. The normalized spacial score (nSPS) is 12.9. The monoisotopic (exact) mass is 167 g/mol. The van der Waals surface area contributed by atoms with Crippen LogP contribution in [0.2, 0.25) is 0 Å². The molecule has 0 aliphatic rings. The van der Waals surface area contributed by atoms with Crippen molar-refractivity contribution in [3.63, 3.8) is 0 Å². The molecule has 0 saturated carbocycles. The van der Waals surface area contributed by atoms with Gasteiger partial charge in [-0.3, -0.25) is 0 Å². The Bertz CT molecular complexity index is 247. The maximum absolute atomic E-state index is 12.8. The van der Waals surface area contributed by atoms with E-state index in [1.54, 1.807) is 0 Å². The molecule has 0 aliphatic heterocycles. The van der Waals surface area contributed by atoms with Gasteiger partial charge in [-0.1, -0.05) is 29.8 Å². The minimum Gasteiger partial charge on any atom is -0.328 e. The summed E-state index contributed by atoms with van der Waals surface area (Å²) in [5.74, 6) is 0. The van der Waals surface area contributed by atoms with Gasteiger partial charge < -0.3 is 5.73 Å². The molecule has 1 aromatic rings. The summed E-state index contributed by atoms with van der Waals surface area (Å²) >= 11 is 0. The molecule has 66 valence electrons. The van der Waals surface area contributed by atoms with E-state index in [0.717, 1.165) is 11.1 Å². The quantitative estimate of drug-likeness (QED) is 0.730. The third-order valence-corrected chi connectivity index (χ3v) is 1.80. The van der Waals surface area contributed by atoms with E-state index >= 15 is 0 Å². The van der Waals surface area contributed by atoms with Gasteiger partial charge in [0.1, 0.15) is 6.17 Å². The van der Waals surface area contributed by atoms with Gasteiger partial charge in [-0.15, -0.1) is 0 Å². The second-order valence-electron chi connectivity index (χ2n) is 3.03. The molecule has 0 aliphatic carbocycles. The summed E-state index contributed by atoms with van der Waals surface area (Å²) in [6.07, 6.45) is -0.482. The van der Waals surface area contributed by atoms with Gasteiger partial charge in [0.05, 0.1) is 0 Å². The minimum absolute atomic E-state index is 0.105. The van der Waals surface area contributed by atoms with E-state index in [1.807, 2.05) is 31.2 Å². The first-order valence-corrected chi connectivity index (χ1v) is 4.12. The Morgan fingerprint density at radius 1 is 1.50 bits per heavy atom. The standard InChI is InChI=1S/C10H14FN/c1-8-3-2-4-9(5-8)6-10(11)7-12/h2-5,10H,6-7,12H2,1H3/t10-/m0/s1. The molecule has 1 aromatic carbocycles. The lowest BCUT2D eigenvalue weighted by Crippen LogP contribution is -2.17. The van der Waals surface area contributed by atoms with Crippen molar-refractivity contribution in [3.05, 3.63) is 35.4 Å². The number of rotatable bonds is 3. The predicted octanol–water partition coefficient (Wildman–Crippen LogP) is 1.83. The SMILES string of the molecule is Cc1cccc(C[C@H](F)CN)c1. The van der Waals surface area contributed by atoms with Crippen LogP contribution in [0.1, 0.15) is 11.1 Å². The molecule has 1 nitrogen and oxygen atoms in total. The molecule has 1 rings (SSSR count). The number of aryl methyl sites for hydroxylation is 1. The van der Waals surface area contributed by atoms with Gasteiger partial charge in [-0.2, -0.15) is 0 Å². The first-order valence-electron chi connectivity index (χ1n) is 4.12. The average Bonchev–Trinajstić information content (AvgIpc) is 2.04. The maximum atomic E-state index is 12.8. The van der Waals surface area contributed by atoms with Gasteiger partial charge >= 0.3 is 0 Å². The molecule has 2 heteroatoms. The number of benzene rings is 1. The van der Waals surface area contributed by atoms with Gasteiger partial charge in [-0.05, 0) is 12.5 Å². The highest BCUT2D eigenvalue weighted by Gasteiger charge is 2.04. The summed E-state index contributed by atoms with van der Waals surface area (Å²) in [5, 5.41) is 0. The molecule has 0 unspecified atom stereocenters.